The Bertz CT molecular complexity index is 719. The third-order valence-electron chi connectivity index (χ3n) is 3.18. The maximum absolute atomic E-state index is 6.48. The molecule has 0 spiro atoms. The second-order valence-corrected chi connectivity index (χ2v) is 6.08. The second kappa shape index (κ2) is 4.60. The van der Waals surface area contributed by atoms with Gasteiger partial charge < -0.3 is 5.73 Å². The predicted molar refractivity (Wildman–Crippen MR) is 81.7 cm³/mol. The lowest BCUT2D eigenvalue weighted by Crippen LogP contribution is -2.34. The lowest BCUT2D eigenvalue weighted by Gasteiger charge is -2.22. The Kier molecular flexibility index (Phi) is 3.05. The molecule has 0 bridgehead atoms. The van der Waals surface area contributed by atoms with E-state index in [4.69, 9.17) is 17.3 Å². The first-order chi connectivity index (χ1) is 9.09. The van der Waals surface area contributed by atoms with Crippen LogP contribution in [0.15, 0.2) is 48.5 Å². The minimum Gasteiger partial charge on any atom is -0.316 e. The van der Waals surface area contributed by atoms with Crippen molar-refractivity contribution < 1.29 is 0 Å². The summed E-state index contributed by atoms with van der Waals surface area (Å²) in [6, 6.07) is 15.7. The molecule has 0 saturated carbocycles. The van der Waals surface area contributed by atoms with Crippen LogP contribution in [-0.2, 0) is 5.54 Å². The molecule has 0 fully saturated rings. The van der Waals surface area contributed by atoms with Crippen LogP contribution in [0.5, 0.6) is 0 Å². The van der Waals surface area contributed by atoms with Crippen LogP contribution in [0.25, 0.3) is 10.2 Å². The molecule has 0 aliphatic rings. The van der Waals surface area contributed by atoms with Gasteiger partial charge in [0.2, 0.25) is 0 Å². The molecular weight excluding hydrogens is 276 g/mol. The minimum absolute atomic E-state index is 0.603. The highest BCUT2D eigenvalue weighted by molar-refractivity contribution is 7.19. The van der Waals surface area contributed by atoms with Crippen LogP contribution in [-0.4, -0.2) is 4.98 Å². The molecule has 3 aromatic rings. The average Bonchev–Trinajstić information content (AvgIpc) is 2.86. The molecule has 2 nitrogen and oxygen atoms in total. The number of fused-ring (bicyclic) bond motifs is 1. The quantitative estimate of drug-likeness (QED) is 0.768. The van der Waals surface area contributed by atoms with Gasteiger partial charge in [-0.2, -0.15) is 0 Å². The Labute approximate surface area is 120 Å². The maximum atomic E-state index is 6.48. The highest BCUT2D eigenvalue weighted by atomic mass is 35.5. The zero-order valence-electron chi connectivity index (χ0n) is 10.4. The van der Waals surface area contributed by atoms with E-state index in [1.165, 1.54) is 0 Å². The molecule has 4 heteroatoms. The highest BCUT2D eigenvalue weighted by Crippen LogP contribution is 2.35. The smallest absolute Gasteiger partial charge is 0.118 e. The number of benzene rings is 2. The number of nitrogens with zero attached hydrogens (tertiary/aromatic N) is 1. The van der Waals surface area contributed by atoms with Crippen LogP contribution < -0.4 is 5.73 Å². The van der Waals surface area contributed by atoms with Crippen molar-refractivity contribution in [1.82, 2.24) is 4.98 Å². The van der Waals surface area contributed by atoms with Crippen molar-refractivity contribution in [3.8, 4) is 0 Å². The first-order valence-corrected chi connectivity index (χ1v) is 7.18. The molecule has 19 heavy (non-hydrogen) atoms. The summed E-state index contributed by atoms with van der Waals surface area (Å²) in [5, 5.41) is 1.60. The van der Waals surface area contributed by atoms with Gasteiger partial charge in [-0.1, -0.05) is 48.0 Å². The fourth-order valence-electron chi connectivity index (χ4n) is 2.05. The van der Waals surface area contributed by atoms with Gasteiger partial charge in [0.25, 0.3) is 0 Å². The molecular formula is C15H13ClN2S. The number of nitrogens with two attached hydrogens (primary N) is 1. The number of halogens is 1. The van der Waals surface area contributed by atoms with Gasteiger partial charge in [-0.25, -0.2) is 4.98 Å². The summed E-state index contributed by atoms with van der Waals surface area (Å²) in [6.07, 6.45) is 0. The van der Waals surface area contributed by atoms with Crippen LogP contribution in [0.4, 0.5) is 0 Å². The van der Waals surface area contributed by atoms with Gasteiger partial charge in [0.15, 0.2) is 0 Å². The Balaban J connectivity index is 2.16. The van der Waals surface area contributed by atoms with E-state index in [2.05, 4.69) is 4.98 Å². The summed E-state index contributed by atoms with van der Waals surface area (Å²) >= 11 is 7.75. The van der Waals surface area contributed by atoms with Crippen molar-refractivity contribution in [3.63, 3.8) is 0 Å². The third kappa shape index (κ3) is 2.14. The molecule has 0 saturated heterocycles. The molecule has 1 heterocycles. The van der Waals surface area contributed by atoms with E-state index in [-0.39, 0.29) is 0 Å². The van der Waals surface area contributed by atoms with E-state index < -0.39 is 5.54 Å². The van der Waals surface area contributed by atoms with Crippen LogP contribution >= 0.6 is 22.9 Å². The van der Waals surface area contributed by atoms with Crippen molar-refractivity contribution in [2.24, 2.45) is 5.73 Å². The van der Waals surface area contributed by atoms with Gasteiger partial charge in [-0.3, -0.25) is 0 Å². The summed E-state index contributed by atoms with van der Waals surface area (Å²) in [4.78, 5) is 4.63. The molecule has 0 amide bonds. The van der Waals surface area contributed by atoms with Crippen molar-refractivity contribution in [2.75, 3.05) is 0 Å². The molecule has 96 valence electrons. The number of thiazole rings is 1. The second-order valence-electron chi connectivity index (χ2n) is 4.68. The molecule has 0 aliphatic heterocycles. The van der Waals surface area contributed by atoms with E-state index >= 15 is 0 Å². The largest absolute Gasteiger partial charge is 0.316 e. The number of rotatable bonds is 2. The molecule has 0 radical (unpaired) electrons. The van der Waals surface area contributed by atoms with Crippen molar-refractivity contribution in [2.45, 2.75) is 12.5 Å². The summed E-state index contributed by atoms with van der Waals surface area (Å²) in [6.45, 7) is 1.98. The normalized spacial score (nSPS) is 14.5. The van der Waals surface area contributed by atoms with Crippen molar-refractivity contribution in [3.05, 3.63) is 64.1 Å². The molecule has 2 N–H and O–H groups in total. The first kappa shape index (κ1) is 12.6. The van der Waals surface area contributed by atoms with Gasteiger partial charge >= 0.3 is 0 Å². The average molecular weight is 289 g/mol. The van der Waals surface area contributed by atoms with Gasteiger partial charge in [0.1, 0.15) is 5.01 Å². The van der Waals surface area contributed by atoms with Crippen molar-refractivity contribution >= 4 is 33.2 Å². The Morgan fingerprint density at radius 3 is 2.53 bits per heavy atom. The zero-order valence-corrected chi connectivity index (χ0v) is 12.0. The molecule has 1 aromatic heterocycles. The fourth-order valence-corrected chi connectivity index (χ4v) is 3.38. The first-order valence-electron chi connectivity index (χ1n) is 5.99. The van der Waals surface area contributed by atoms with Gasteiger partial charge in [0.05, 0.1) is 20.8 Å². The van der Waals surface area contributed by atoms with Crippen LogP contribution in [0, 0.1) is 0 Å². The molecule has 2 aromatic carbocycles. The summed E-state index contributed by atoms with van der Waals surface area (Å²) in [7, 11) is 0. The highest BCUT2D eigenvalue weighted by Gasteiger charge is 2.27. The zero-order chi connectivity index (χ0) is 13.5. The van der Waals surface area contributed by atoms with Crippen LogP contribution in [0.2, 0.25) is 5.02 Å². The minimum atomic E-state index is -0.603. The SMILES string of the molecule is CC(N)(c1ccccc1)c1nc2cccc(Cl)c2s1. The van der Waals surface area contributed by atoms with Crippen LogP contribution in [0.1, 0.15) is 17.5 Å². The molecule has 1 atom stereocenters. The van der Waals surface area contributed by atoms with Crippen LogP contribution in [0.3, 0.4) is 0 Å². The fraction of sp³-hybridized carbons (Fsp3) is 0.133. The number of hydrogen-bond acceptors (Lipinski definition) is 3. The van der Waals surface area contributed by atoms with E-state index in [9.17, 15) is 0 Å². The Morgan fingerprint density at radius 1 is 1.11 bits per heavy atom. The predicted octanol–water partition coefficient (Wildman–Crippen LogP) is 4.17. The molecule has 3 rings (SSSR count). The Hall–Kier alpha value is -1.42. The topological polar surface area (TPSA) is 38.9 Å². The summed E-state index contributed by atoms with van der Waals surface area (Å²) < 4.78 is 0.992. The van der Waals surface area contributed by atoms with E-state index in [1.54, 1.807) is 11.3 Å². The van der Waals surface area contributed by atoms with Gasteiger partial charge in [-0.05, 0) is 24.6 Å². The summed E-state index contributed by atoms with van der Waals surface area (Å²) in [5.41, 5.74) is 7.82. The standard InChI is InChI=1S/C15H13ClN2S/c1-15(17,10-6-3-2-4-7-10)14-18-12-9-5-8-11(16)13(12)19-14/h2-9H,17H2,1H3. The third-order valence-corrected chi connectivity index (χ3v) is 4.95. The van der Waals surface area contributed by atoms with E-state index in [1.807, 2.05) is 55.5 Å². The van der Waals surface area contributed by atoms with Gasteiger partial charge in [-0.15, -0.1) is 11.3 Å². The van der Waals surface area contributed by atoms with E-state index in [0.717, 1.165) is 25.8 Å². The number of aromatic nitrogens is 1. The lowest BCUT2D eigenvalue weighted by atomic mass is 9.94. The molecule has 0 aliphatic carbocycles. The number of hydrogen-bond donors (Lipinski definition) is 1. The lowest BCUT2D eigenvalue weighted by molar-refractivity contribution is 0.600. The van der Waals surface area contributed by atoms with E-state index in [0.29, 0.717) is 0 Å². The van der Waals surface area contributed by atoms with Gasteiger partial charge in [0, 0.05) is 0 Å². The summed E-state index contributed by atoms with van der Waals surface area (Å²) in [5.74, 6) is 0. The molecule has 1 unspecified atom stereocenters. The Morgan fingerprint density at radius 2 is 1.84 bits per heavy atom. The van der Waals surface area contributed by atoms with Crippen molar-refractivity contribution in [1.29, 1.82) is 0 Å². The maximum Gasteiger partial charge on any atom is 0.118 e. The monoisotopic (exact) mass is 288 g/mol.